The van der Waals surface area contributed by atoms with E-state index in [2.05, 4.69) is 34.1 Å². The molecule has 0 spiro atoms. The summed E-state index contributed by atoms with van der Waals surface area (Å²) >= 11 is 0. The molecule has 4 saturated carbocycles. The van der Waals surface area contributed by atoms with Crippen molar-refractivity contribution in [3.05, 3.63) is 57.6 Å². The summed E-state index contributed by atoms with van der Waals surface area (Å²) in [4.78, 5) is 61.3. The van der Waals surface area contributed by atoms with Crippen LogP contribution in [0.5, 0.6) is 11.5 Å². The van der Waals surface area contributed by atoms with Crippen LogP contribution in [0, 0.1) is 23.7 Å². The molecule has 0 N–H and O–H groups in total. The summed E-state index contributed by atoms with van der Waals surface area (Å²) in [6, 6.07) is 10.2. The lowest BCUT2D eigenvalue weighted by Crippen LogP contribution is -2.61. The van der Waals surface area contributed by atoms with Gasteiger partial charge in [0.2, 0.25) is 11.8 Å². The first-order valence-corrected chi connectivity index (χ1v) is 27.6. The maximum atomic E-state index is 13.3. The third-order valence-corrected chi connectivity index (χ3v) is 19.4. The van der Waals surface area contributed by atoms with Gasteiger partial charge in [0, 0.05) is 101 Å². The van der Waals surface area contributed by atoms with Crippen LogP contribution in [0.3, 0.4) is 0 Å². The summed E-state index contributed by atoms with van der Waals surface area (Å²) in [5, 5.41) is 0. The Morgan fingerprint density at radius 3 is 1.34 bits per heavy atom. The lowest BCUT2D eigenvalue weighted by atomic mass is 9.52. The van der Waals surface area contributed by atoms with Gasteiger partial charge in [-0.15, -0.1) is 0 Å². The third kappa shape index (κ3) is 9.44. The molecule has 0 unspecified atom stereocenters. The molecule has 10 rings (SSSR count). The average molecular weight is 931 g/mol. The van der Waals surface area contributed by atoms with Crippen molar-refractivity contribution in [3.8, 4) is 11.5 Å². The predicted molar refractivity (Wildman–Crippen MR) is 265 cm³/mol. The lowest BCUT2D eigenvalue weighted by Gasteiger charge is -2.60. The normalized spacial score (nSPS) is 28.7. The van der Waals surface area contributed by atoms with E-state index in [4.69, 9.17) is 9.47 Å². The second-order valence-corrected chi connectivity index (χ2v) is 23.4. The molecular weight excluding hydrogens is 849 g/mol. The highest BCUT2D eigenvalue weighted by molar-refractivity contribution is 5.75. The fourth-order valence-electron chi connectivity index (χ4n) is 15.6. The van der Waals surface area contributed by atoms with Crippen LogP contribution >= 0.6 is 0 Å². The highest BCUT2D eigenvalue weighted by atomic mass is 16.5. The fraction of sp³-hybridized carbons (Fsp3) is 0.724. The van der Waals surface area contributed by atoms with Gasteiger partial charge in [0.25, 0.3) is 0 Å². The molecule has 370 valence electrons. The van der Waals surface area contributed by atoms with Crippen molar-refractivity contribution >= 4 is 23.8 Å². The Bertz CT molecular complexity index is 2060. The molecule has 2 aromatic carbocycles. The number of carbonyl (C=O) groups is 4. The van der Waals surface area contributed by atoms with E-state index in [9.17, 15) is 19.2 Å². The summed E-state index contributed by atoms with van der Waals surface area (Å²) in [6.07, 6.45) is 26.4. The number of fused-ring (bicyclic) bond motifs is 2. The summed E-state index contributed by atoms with van der Waals surface area (Å²) in [6.45, 7) is 13.2. The first-order chi connectivity index (χ1) is 32.9. The van der Waals surface area contributed by atoms with Crippen LogP contribution in [0.25, 0.3) is 0 Å². The van der Waals surface area contributed by atoms with Crippen molar-refractivity contribution in [2.24, 2.45) is 23.7 Å². The highest BCUT2D eigenvalue weighted by Gasteiger charge is 2.56. The van der Waals surface area contributed by atoms with E-state index in [-0.39, 0.29) is 34.6 Å². The number of esters is 2. The Morgan fingerprint density at radius 2 is 0.971 bits per heavy atom. The van der Waals surface area contributed by atoms with Gasteiger partial charge in [-0.1, -0.05) is 51.4 Å². The van der Waals surface area contributed by atoms with Gasteiger partial charge in [0.1, 0.15) is 11.5 Å². The molecule has 6 atom stereocenters. The van der Waals surface area contributed by atoms with Crippen LogP contribution in [0.4, 0.5) is 0 Å². The van der Waals surface area contributed by atoms with Crippen molar-refractivity contribution in [2.45, 2.75) is 205 Å². The van der Waals surface area contributed by atoms with Gasteiger partial charge in [0.15, 0.2) is 0 Å². The zero-order valence-corrected chi connectivity index (χ0v) is 42.2. The summed E-state index contributed by atoms with van der Waals surface area (Å²) in [5.41, 5.74) is 7.79. The minimum atomic E-state index is -0.318. The molecule has 0 radical (unpaired) electrons. The van der Waals surface area contributed by atoms with Gasteiger partial charge in [-0.3, -0.25) is 29.0 Å². The number of hydrogen-bond donors (Lipinski definition) is 0. The number of piperidine rings is 2. The molecule has 10 heteroatoms. The topological polar surface area (TPSA) is 99.7 Å². The zero-order chi connectivity index (χ0) is 47.2. The maximum Gasteiger partial charge on any atom is 0.308 e. The van der Waals surface area contributed by atoms with E-state index in [1.807, 2.05) is 9.80 Å². The van der Waals surface area contributed by atoms with Crippen molar-refractivity contribution < 1.29 is 28.7 Å². The molecular formula is C58H82N4O6. The predicted octanol–water partition coefficient (Wildman–Crippen LogP) is 10.2. The van der Waals surface area contributed by atoms with Crippen LogP contribution < -0.4 is 9.47 Å². The van der Waals surface area contributed by atoms with E-state index >= 15 is 0 Å². The second-order valence-electron chi connectivity index (χ2n) is 23.4. The maximum absolute atomic E-state index is 13.3. The molecule has 6 aliphatic carbocycles. The first kappa shape index (κ1) is 47.9. The van der Waals surface area contributed by atoms with Crippen molar-refractivity contribution in [3.63, 3.8) is 0 Å². The van der Waals surface area contributed by atoms with Gasteiger partial charge in [-0.25, -0.2) is 0 Å². The minimum Gasteiger partial charge on any atom is -0.426 e. The van der Waals surface area contributed by atoms with E-state index in [1.54, 1.807) is 13.8 Å². The van der Waals surface area contributed by atoms with Gasteiger partial charge < -0.3 is 19.3 Å². The summed E-state index contributed by atoms with van der Waals surface area (Å²) in [5.74, 6) is 3.68. The van der Waals surface area contributed by atoms with Gasteiger partial charge in [-0.05, 0) is 173 Å². The first-order valence-electron chi connectivity index (χ1n) is 27.6. The Hall–Kier alpha value is -3.76. The van der Waals surface area contributed by atoms with Crippen molar-refractivity contribution in [1.82, 2.24) is 19.6 Å². The summed E-state index contributed by atoms with van der Waals surface area (Å²) < 4.78 is 12.0. The fourth-order valence-corrected chi connectivity index (χ4v) is 15.6. The largest absolute Gasteiger partial charge is 0.426 e. The van der Waals surface area contributed by atoms with E-state index in [0.717, 1.165) is 61.5 Å². The van der Waals surface area contributed by atoms with E-state index < -0.39 is 0 Å². The number of amides is 2. The molecule has 2 aromatic rings. The number of ether oxygens (including phenoxy) is 2. The molecule has 10 nitrogen and oxygen atoms in total. The molecule has 68 heavy (non-hydrogen) atoms. The average Bonchev–Trinajstić information content (AvgIpc) is 3.27. The van der Waals surface area contributed by atoms with E-state index in [1.165, 1.54) is 165 Å². The Labute approximate surface area is 407 Å². The zero-order valence-electron chi connectivity index (χ0n) is 42.2. The standard InChI is InChI=1S/C58H82N4O6/c1-39(63)59(37-47-29-45-31-53-49-19-7-9-21-57(49,51(45)33-55(47)67-41(3)65)23-27-61(53)35-43-15-13-16-43)25-11-5-6-12-26-60(40(2)64)38-48-30-46-32-54-50-20-8-10-22-58(50,52(46)34-56(48)68-42(4)66)24-28-62(54)36-44-17-14-18-44/h29-30,33-34,43-44,49-50,53-54H,5-28,31-32,35-38H2,1-4H3/t49-,50-,53+,54+,57+,58+/m0/s1. The third-order valence-electron chi connectivity index (χ3n) is 19.4. The number of nitrogens with zero attached hydrogens (tertiary/aromatic N) is 4. The Balaban J connectivity index is 0.788. The minimum absolute atomic E-state index is 0.0238. The molecule has 2 heterocycles. The second kappa shape index (κ2) is 20.2. The number of hydrogen-bond acceptors (Lipinski definition) is 8. The van der Waals surface area contributed by atoms with Gasteiger partial charge >= 0.3 is 11.9 Å². The van der Waals surface area contributed by atoms with Crippen LogP contribution in [-0.4, -0.2) is 94.7 Å². The Kier molecular flexibility index (Phi) is 14.2. The molecule has 2 amide bonds. The summed E-state index contributed by atoms with van der Waals surface area (Å²) in [7, 11) is 0. The number of rotatable bonds is 17. The van der Waals surface area contributed by atoms with Gasteiger partial charge in [-0.2, -0.15) is 0 Å². The smallest absolute Gasteiger partial charge is 0.308 e. The highest BCUT2D eigenvalue weighted by Crippen LogP contribution is 2.59. The number of likely N-dealkylation sites (tertiary alicyclic amines) is 2. The quantitative estimate of drug-likeness (QED) is 0.0879. The van der Waals surface area contributed by atoms with Crippen molar-refractivity contribution in [1.29, 1.82) is 0 Å². The molecule has 2 saturated heterocycles. The lowest BCUT2D eigenvalue weighted by molar-refractivity contribution is -0.133. The Morgan fingerprint density at radius 1 is 0.544 bits per heavy atom. The van der Waals surface area contributed by atoms with E-state index in [0.29, 0.717) is 61.6 Å². The van der Waals surface area contributed by atoms with Crippen LogP contribution in [0.15, 0.2) is 24.3 Å². The molecule has 2 aliphatic heterocycles. The van der Waals surface area contributed by atoms with Crippen LogP contribution in [0.2, 0.25) is 0 Å². The number of unbranched alkanes of at least 4 members (excludes halogenated alkanes) is 3. The molecule has 8 aliphatic rings. The van der Waals surface area contributed by atoms with Crippen LogP contribution in [-0.2, 0) is 55.9 Å². The molecule has 6 fully saturated rings. The number of benzene rings is 2. The monoisotopic (exact) mass is 931 g/mol. The van der Waals surface area contributed by atoms with Gasteiger partial charge in [0.05, 0.1) is 0 Å². The number of carbonyl (C=O) groups excluding carboxylic acids is 4. The molecule has 4 bridgehead atoms. The molecule has 0 aromatic heterocycles. The van der Waals surface area contributed by atoms with Crippen molar-refractivity contribution in [2.75, 3.05) is 39.3 Å². The SMILES string of the molecule is CC(=O)Oc1cc2c(cc1CN(CCCCCCN(Cc1cc3c(cc1OC(C)=O)[C@@]14CCCC[C@H]1[C@@H](C3)N(CC1CCC1)CC4)C(C)=O)C(C)=O)C[C@@H]1[C@@H]3CCCC[C@]23CCN1CC1CCC1. The van der Waals surface area contributed by atoms with Crippen LogP contribution in [0.1, 0.15) is 189 Å².